The first-order chi connectivity index (χ1) is 12.5. The Balaban J connectivity index is 1.58. The predicted molar refractivity (Wildman–Crippen MR) is 99.4 cm³/mol. The topological polar surface area (TPSA) is 77.2 Å². The number of halogens is 1. The van der Waals surface area contributed by atoms with Crippen LogP contribution in [0.25, 0.3) is 11.5 Å². The zero-order valence-corrected chi connectivity index (χ0v) is 15.2. The molecule has 6 nitrogen and oxygen atoms in total. The number of rotatable bonds is 6. The van der Waals surface area contributed by atoms with Crippen LogP contribution in [0.3, 0.4) is 0 Å². The van der Waals surface area contributed by atoms with E-state index >= 15 is 0 Å². The van der Waals surface area contributed by atoms with Crippen molar-refractivity contribution in [2.75, 3.05) is 12.4 Å². The second kappa shape index (κ2) is 8.01. The first kappa shape index (κ1) is 17.9. The highest BCUT2D eigenvalue weighted by Gasteiger charge is 2.11. The van der Waals surface area contributed by atoms with Crippen LogP contribution < -0.4 is 10.1 Å². The van der Waals surface area contributed by atoms with E-state index in [1.165, 1.54) is 0 Å². The Bertz CT molecular complexity index is 907. The number of nitrogens with one attached hydrogen (secondary N) is 1. The summed E-state index contributed by atoms with van der Waals surface area (Å²) in [7, 11) is 1.61. The number of aryl methyl sites for hydroxylation is 2. The van der Waals surface area contributed by atoms with Crippen LogP contribution in [0.2, 0.25) is 5.02 Å². The van der Waals surface area contributed by atoms with Crippen LogP contribution in [0.15, 0.2) is 46.9 Å². The fraction of sp³-hybridized carbons (Fsp3) is 0.211. The van der Waals surface area contributed by atoms with Gasteiger partial charge >= 0.3 is 0 Å². The number of carbonyl (C=O) groups excluding carboxylic acids is 1. The smallest absolute Gasteiger partial charge is 0.247 e. The number of amides is 1. The normalized spacial score (nSPS) is 10.6. The van der Waals surface area contributed by atoms with E-state index in [9.17, 15) is 4.79 Å². The molecule has 1 heterocycles. The fourth-order valence-corrected chi connectivity index (χ4v) is 2.54. The van der Waals surface area contributed by atoms with Crippen molar-refractivity contribution in [1.29, 1.82) is 0 Å². The Kier molecular flexibility index (Phi) is 5.53. The van der Waals surface area contributed by atoms with Crippen LogP contribution >= 0.6 is 11.6 Å². The molecule has 0 aliphatic carbocycles. The van der Waals surface area contributed by atoms with Crippen molar-refractivity contribution in [3.63, 3.8) is 0 Å². The number of aromatic nitrogens is 2. The molecule has 7 heteroatoms. The monoisotopic (exact) mass is 371 g/mol. The predicted octanol–water partition coefficient (Wildman–Crippen LogP) is 4.28. The standard InChI is InChI=1S/C19H18ClN3O3/c1-12-3-6-14(20)11-16(12)21-17(24)9-10-18-22-23-19(26-18)13-4-7-15(25-2)8-5-13/h3-8,11H,9-10H2,1-2H3,(H,21,24). The highest BCUT2D eigenvalue weighted by molar-refractivity contribution is 6.31. The van der Waals surface area contributed by atoms with Gasteiger partial charge in [-0.25, -0.2) is 0 Å². The molecular formula is C19H18ClN3O3. The van der Waals surface area contributed by atoms with E-state index in [-0.39, 0.29) is 12.3 Å². The molecule has 0 saturated carbocycles. The third-order valence-electron chi connectivity index (χ3n) is 3.84. The molecule has 1 aromatic heterocycles. The van der Waals surface area contributed by atoms with Crippen molar-refractivity contribution in [3.05, 3.63) is 58.9 Å². The second-order valence-electron chi connectivity index (χ2n) is 5.74. The maximum absolute atomic E-state index is 12.1. The van der Waals surface area contributed by atoms with Crippen molar-refractivity contribution in [2.24, 2.45) is 0 Å². The van der Waals surface area contributed by atoms with E-state index in [0.717, 1.165) is 16.9 Å². The number of nitrogens with zero attached hydrogens (tertiary/aromatic N) is 2. The number of benzene rings is 2. The van der Waals surface area contributed by atoms with Crippen LogP contribution in [-0.2, 0) is 11.2 Å². The lowest BCUT2D eigenvalue weighted by molar-refractivity contribution is -0.116. The maximum Gasteiger partial charge on any atom is 0.247 e. The minimum atomic E-state index is -0.139. The van der Waals surface area contributed by atoms with Gasteiger partial charge in [0.25, 0.3) is 0 Å². The molecule has 0 spiro atoms. The largest absolute Gasteiger partial charge is 0.497 e. The Labute approximate surface area is 156 Å². The van der Waals surface area contributed by atoms with E-state index in [2.05, 4.69) is 15.5 Å². The average Bonchev–Trinajstić information content (AvgIpc) is 3.12. The number of hydrogen-bond acceptors (Lipinski definition) is 5. The highest BCUT2D eigenvalue weighted by Crippen LogP contribution is 2.22. The van der Waals surface area contributed by atoms with Crippen LogP contribution in [0.4, 0.5) is 5.69 Å². The minimum Gasteiger partial charge on any atom is -0.497 e. The van der Waals surface area contributed by atoms with Gasteiger partial charge in [0.1, 0.15) is 5.75 Å². The Hall–Kier alpha value is -2.86. The molecule has 134 valence electrons. The molecule has 3 aromatic rings. The highest BCUT2D eigenvalue weighted by atomic mass is 35.5. The van der Waals surface area contributed by atoms with Crippen molar-refractivity contribution < 1.29 is 13.9 Å². The van der Waals surface area contributed by atoms with E-state index < -0.39 is 0 Å². The summed E-state index contributed by atoms with van der Waals surface area (Å²) in [6, 6.07) is 12.7. The molecule has 0 saturated heterocycles. The van der Waals surface area contributed by atoms with Crippen molar-refractivity contribution in [1.82, 2.24) is 10.2 Å². The Morgan fingerprint density at radius 3 is 2.69 bits per heavy atom. The lowest BCUT2D eigenvalue weighted by Crippen LogP contribution is -2.13. The molecular weight excluding hydrogens is 354 g/mol. The first-order valence-corrected chi connectivity index (χ1v) is 8.46. The SMILES string of the molecule is COc1ccc(-c2nnc(CCC(=O)Nc3cc(Cl)ccc3C)o2)cc1. The third kappa shape index (κ3) is 4.40. The molecule has 1 amide bonds. The second-order valence-corrected chi connectivity index (χ2v) is 6.17. The molecule has 0 fully saturated rings. The average molecular weight is 372 g/mol. The third-order valence-corrected chi connectivity index (χ3v) is 4.08. The molecule has 26 heavy (non-hydrogen) atoms. The minimum absolute atomic E-state index is 0.139. The molecule has 3 rings (SSSR count). The van der Waals surface area contributed by atoms with Crippen LogP contribution in [0, 0.1) is 6.92 Å². The van der Waals surface area contributed by atoms with Gasteiger partial charge in [-0.3, -0.25) is 4.79 Å². The van der Waals surface area contributed by atoms with Gasteiger partial charge < -0.3 is 14.5 Å². The zero-order valence-electron chi connectivity index (χ0n) is 14.5. The molecule has 2 aromatic carbocycles. The summed E-state index contributed by atoms with van der Waals surface area (Å²) < 4.78 is 10.7. The number of methoxy groups -OCH3 is 1. The number of carbonyl (C=O) groups is 1. The molecule has 0 aliphatic heterocycles. The number of hydrogen-bond donors (Lipinski definition) is 1. The summed E-state index contributed by atoms with van der Waals surface area (Å²) in [5.41, 5.74) is 2.44. The molecule has 0 radical (unpaired) electrons. The van der Waals surface area contributed by atoms with Crippen molar-refractivity contribution >= 4 is 23.2 Å². The van der Waals surface area contributed by atoms with E-state index in [4.69, 9.17) is 20.8 Å². The molecule has 0 aliphatic rings. The summed E-state index contributed by atoms with van der Waals surface area (Å²) in [6.45, 7) is 1.91. The van der Waals surface area contributed by atoms with Crippen molar-refractivity contribution in [2.45, 2.75) is 19.8 Å². The van der Waals surface area contributed by atoms with Gasteiger partial charge in [0.05, 0.1) is 7.11 Å². The maximum atomic E-state index is 12.1. The summed E-state index contributed by atoms with van der Waals surface area (Å²) in [6.07, 6.45) is 0.588. The summed E-state index contributed by atoms with van der Waals surface area (Å²) in [5.74, 6) is 1.43. The fourth-order valence-electron chi connectivity index (χ4n) is 2.37. The van der Waals surface area contributed by atoms with Crippen LogP contribution in [0.5, 0.6) is 5.75 Å². The Morgan fingerprint density at radius 2 is 1.96 bits per heavy atom. The lowest BCUT2D eigenvalue weighted by atomic mass is 10.2. The molecule has 0 bridgehead atoms. The Morgan fingerprint density at radius 1 is 1.19 bits per heavy atom. The van der Waals surface area contributed by atoms with Gasteiger partial charge in [-0.1, -0.05) is 17.7 Å². The van der Waals surface area contributed by atoms with Crippen molar-refractivity contribution in [3.8, 4) is 17.2 Å². The van der Waals surface area contributed by atoms with Gasteiger partial charge in [0.2, 0.25) is 17.7 Å². The molecule has 1 N–H and O–H groups in total. The molecule has 0 unspecified atom stereocenters. The number of anilines is 1. The number of ether oxygens (including phenoxy) is 1. The van der Waals surface area contributed by atoms with Crippen LogP contribution in [0.1, 0.15) is 17.9 Å². The molecule has 0 atom stereocenters. The zero-order chi connectivity index (χ0) is 18.5. The summed E-state index contributed by atoms with van der Waals surface area (Å²) in [4.78, 5) is 12.1. The summed E-state index contributed by atoms with van der Waals surface area (Å²) >= 11 is 5.96. The van der Waals surface area contributed by atoms with E-state index in [0.29, 0.717) is 28.9 Å². The van der Waals surface area contributed by atoms with E-state index in [1.54, 1.807) is 19.2 Å². The quantitative estimate of drug-likeness (QED) is 0.699. The van der Waals surface area contributed by atoms with Gasteiger partial charge in [0.15, 0.2) is 0 Å². The lowest BCUT2D eigenvalue weighted by Gasteiger charge is -2.08. The van der Waals surface area contributed by atoms with E-state index in [1.807, 2.05) is 37.3 Å². The van der Waals surface area contributed by atoms with Gasteiger partial charge in [-0.05, 0) is 48.9 Å². The van der Waals surface area contributed by atoms with Gasteiger partial charge in [-0.2, -0.15) is 0 Å². The first-order valence-electron chi connectivity index (χ1n) is 8.08. The van der Waals surface area contributed by atoms with Gasteiger partial charge in [0, 0.05) is 29.1 Å². The summed E-state index contributed by atoms with van der Waals surface area (Å²) in [5, 5.41) is 11.4. The van der Waals surface area contributed by atoms with Crippen LogP contribution in [-0.4, -0.2) is 23.2 Å². The van der Waals surface area contributed by atoms with Gasteiger partial charge in [-0.15, -0.1) is 10.2 Å².